The highest BCUT2D eigenvalue weighted by Crippen LogP contribution is 2.67. The lowest BCUT2D eigenvalue weighted by Crippen LogP contribution is -2.51. The maximum Gasteiger partial charge on any atom is 0.306 e. The van der Waals surface area contributed by atoms with Crippen molar-refractivity contribution in [2.45, 2.75) is 131 Å². The molecule has 8 unspecified atom stereocenters. The fourth-order valence-corrected chi connectivity index (χ4v) is 9.84. The number of fused-ring (bicyclic) bond motifs is 5. The lowest BCUT2D eigenvalue weighted by atomic mass is 9.47. The quantitative estimate of drug-likeness (QED) is 0.235. The first-order chi connectivity index (χ1) is 17.5. The number of carbonyl (C=O) groups excluding carboxylic acids is 1. The predicted octanol–water partition coefficient (Wildman–Crippen LogP) is 8.44. The minimum atomic E-state index is -0.942. The summed E-state index contributed by atoms with van der Waals surface area (Å²) < 4.78 is 5.72. The zero-order chi connectivity index (χ0) is 27.0. The van der Waals surface area contributed by atoms with E-state index in [1.807, 2.05) is 0 Å². The van der Waals surface area contributed by atoms with E-state index in [-0.39, 0.29) is 30.3 Å². The van der Waals surface area contributed by atoms with E-state index in [2.05, 4.69) is 47.6 Å². The third-order valence-corrected chi connectivity index (χ3v) is 12.1. The number of carboxylic acids is 1. The highest BCUT2D eigenvalue weighted by atomic mass is 16.5. The van der Waals surface area contributed by atoms with Crippen LogP contribution in [0.5, 0.6) is 0 Å². The maximum atomic E-state index is 12.2. The largest absolute Gasteiger partial charge is 0.481 e. The number of carbonyl (C=O) groups is 2. The van der Waals surface area contributed by atoms with Crippen molar-refractivity contribution in [1.82, 2.24) is 0 Å². The fraction of sp³-hybridized carbons (Fsp3) is 0.879. The van der Waals surface area contributed by atoms with Gasteiger partial charge in [0, 0.05) is 6.42 Å². The van der Waals surface area contributed by atoms with Crippen molar-refractivity contribution in [1.29, 1.82) is 0 Å². The molecule has 0 saturated heterocycles. The Morgan fingerprint density at radius 2 is 1.78 bits per heavy atom. The average Bonchev–Trinajstić information content (AvgIpc) is 3.20. The molecular weight excluding hydrogens is 460 g/mol. The summed E-state index contributed by atoms with van der Waals surface area (Å²) in [5.41, 5.74) is 2.25. The Labute approximate surface area is 226 Å². The number of allylic oxidation sites excluding steroid dienone is 1. The molecule has 4 nitrogen and oxygen atoms in total. The molecule has 0 spiro atoms. The zero-order valence-corrected chi connectivity index (χ0v) is 24.6. The van der Waals surface area contributed by atoms with Crippen molar-refractivity contribution in [3.63, 3.8) is 0 Å². The Kier molecular flexibility index (Phi) is 8.86. The van der Waals surface area contributed by atoms with Gasteiger partial charge >= 0.3 is 11.9 Å². The van der Waals surface area contributed by atoms with E-state index in [1.54, 1.807) is 0 Å². The molecule has 210 valence electrons. The molecule has 0 aliphatic heterocycles. The fourth-order valence-electron chi connectivity index (χ4n) is 9.84. The minimum Gasteiger partial charge on any atom is -0.481 e. The summed E-state index contributed by atoms with van der Waals surface area (Å²) in [5, 5.41) is 8.86. The van der Waals surface area contributed by atoms with Crippen LogP contribution in [-0.2, 0) is 14.3 Å². The molecule has 0 radical (unpaired) electrons. The summed E-state index contributed by atoms with van der Waals surface area (Å²) in [7, 11) is 0. The van der Waals surface area contributed by atoms with Crippen LogP contribution >= 0.6 is 0 Å². The maximum absolute atomic E-state index is 12.2. The lowest BCUT2D eigenvalue weighted by Gasteiger charge is -2.58. The molecule has 37 heavy (non-hydrogen) atoms. The predicted molar refractivity (Wildman–Crippen MR) is 149 cm³/mol. The Balaban J connectivity index is 1.40. The zero-order valence-electron chi connectivity index (χ0n) is 24.6. The normalized spacial score (nSPS) is 38.7. The summed E-state index contributed by atoms with van der Waals surface area (Å²) in [5.74, 6) is 4.49. The number of hydrogen-bond acceptors (Lipinski definition) is 3. The van der Waals surface area contributed by atoms with Crippen molar-refractivity contribution in [3.8, 4) is 0 Å². The summed E-state index contributed by atoms with van der Waals surface area (Å²) in [6.45, 7) is 14.9. The first kappa shape index (κ1) is 28.7. The molecule has 4 rings (SSSR count). The van der Waals surface area contributed by atoms with Crippen molar-refractivity contribution in [2.75, 3.05) is 0 Å². The van der Waals surface area contributed by atoms with Gasteiger partial charge in [-0.2, -0.15) is 0 Å². The van der Waals surface area contributed by atoms with Crippen molar-refractivity contribution in [3.05, 3.63) is 11.6 Å². The minimum absolute atomic E-state index is 0.0245. The second-order valence-corrected chi connectivity index (χ2v) is 14.2. The van der Waals surface area contributed by atoms with Crippen LogP contribution in [-0.4, -0.2) is 23.1 Å². The van der Waals surface area contributed by atoms with Crippen LogP contribution in [0.25, 0.3) is 0 Å². The molecule has 0 aromatic rings. The molecule has 1 N–H and O–H groups in total. The number of carboxylic acid groups (broad SMARTS) is 1. The smallest absolute Gasteiger partial charge is 0.306 e. The average molecular weight is 515 g/mol. The molecule has 0 aromatic carbocycles. The molecule has 4 heteroatoms. The van der Waals surface area contributed by atoms with Gasteiger partial charge in [0.15, 0.2) is 0 Å². The number of rotatable bonds is 10. The van der Waals surface area contributed by atoms with Gasteiger partial charge in [-0.05, 0) is 104 Å². The Morgan fingerprint density at radius 1 is 1.03 bits per heavy atom. The van der Waals surface area contributed by atoms with Gasteiger partial charge in [0.25, 0.3) is 0 Å². The monoisotopic (exact) mass is 514 g/mol. The van der Waals surface area contributed by atoms with Gasteiger partial charge in [0.2, 0.25) is 0 Å². The highest BCUT2D eigenvalue weighted by molar-refractivity contribution is 5.76. The highest BCUT2D eigenvalue weighted by Gasteiger charge is 2.59. The van der Waals surface area contributed by atoms with Gasteiger partial charge < -0.3 is 9.84 Å². The van der Waals surface area contributed by atoms with Crippen LogP contribution in [0.3, 0.4) is 0 Å². The van der Waals surface area contributed by atoms with Crippen LogP contribution < -0.4 is 0 Å². The van der Waals surface area contributed by atoms with Gasteiger partial charge in [-0.25, -0.2) is 0 Å². The van der Waals surface area contributed by atoms with Crippen molar-refractivity contribution in [2.24, 2.45) is 52.3 Å². The molecule has 4 aliphatic rings. The van der Waals surface area contributed by atoms with E-state index in [1.165, 1.54) is 56.9 Å². The van der Waals surface area contributed by atoms with Crippen LogP contribution in [0.4, 0.5) is 0 Å². The summed E-state index contributed by atoms with van der Waals surface area (Å²) in [6.07, 6.45) is 16.0. The van der Waals surface area contributed by atoms with Gasteiger partial charge in [-0.15, -0.1) is 0 Å². The van der Waals surface area contributed by atoms with Gasteiger partial charge in [-0.3, -0.25) is 9.59 Å². The summed E-state index contributed by atoms with van der Waals surface area (Å²) >= 11 is 0. The molecule has 9 atom stereocenters. The first-order valence-electron chi connectivity index (χ1n) is 15.6. The van der Waals surface area contributed by atoms with E-state index < -0.39 is 5.97 Å². The SMILES string of the molecule is CC[C@H](CCC(C)C1CCC2C3CC=C4CC(OC(=O)CCC(=O)O)CCC4(C)C3CCC12C)C(C)C. The summed E-state index contributed by atoms with van der Waals surface area (Å²) in [4.78, 5) is 23.0. The van der Waals surface area contributed by atoms with Crippen LogP contribution in [0.15, 0.2) is 11.6 Å². The van der Waals surface area contributed by atoms with Crippen LogP contribution in [0.1, 0.15) is 125 Å². The molecule has 0 bridgehead atoms. The van der Waals surface area contributed by atoms with E-state index in [0.29, 0.717) is 5.41 Å². The van der Waals surface area contributed by atoms with Crippen molar-refractivity contribution >= 4 is 11.9 Å². The Hall–Kier alpha value is -1.32. The van der Waals surface area contributed by atoms with E-state index in [4.69, 9.17) is 9.84 Å². The number of esters is 1. The van der Waals surface area contributed by atoms with Crippen LogP contribution in [0, 0.1) is 52.3 Å². The third-order valence-electron chi connectivity index (χ3n) is 12.1. The van der Waals surface area contributed by atoms with Crippen LogP contribution in [0.2, 0.25) is 0 Å². The molecular formula is C33H54O4. The number of aliphatic carboxylic acids is 1. The summed E-state index contributed by atoms with van der Waals surface area (Å²) in [6, 6.07) is 0. The molecule has 0 heterocycles. The standard InChI is InChI=1S/C33H54O4/c1-7-23(21(2)3)9-8-22(4)27-12-13-28-26-11-10-24-20-25(37-31(36)15-14-30(34)35)16-18-32(24,5)29(26)17-19-33(27,28)6/h10,21-23,25-29H,7-9,11-20H2,1-6H3,(H,34,35)/t22?,23-,25?,26?,27?,28?,29?,32?,33?/m1/s1. The number of hydrogen-bond donors (Lipinski definition) is 1. The van der Waals surface area contributed by atoms with Crippen molar-refractivity contribution < 1.29 is 19.4 Å². The first-order valence-corrected chi connectivity index (χ1v) is 15.6. The van der Waals surface area contributed by atoms with E-state index in [9.17, 15) is 9.59 Å². The molecule has 0 amide bonds. The topological polar surface area (TPSA) is 63.6 Å². The Morgan fingerprint density at radius 3 is 2.46 bits per heavy atom. The van der Waals surface area contributed by atoms with Gasteiger partial charge in [0.1, 0.15) is 6.10 Å². The molecule has 0 aromatic heterocycles. The molecule has 3 fully saturated rings. The second-order valence-electron chi connectivity index (χ2n) is 14.2. The van der Waals surface area contributed by atoms with Gasteiger partial charge in [0.05, 0.1) is 12.8 Å². The second kappa shape index (κ2) is 11.4. The van der Waals surface area contributed by atoms with E-state index >= 15 is 0 Å². The van der Waals surface area contributed by atoms with E-state index in [0.717, 1.165) is 60.7 Å². The third kappa shape index (κ3) is 5.69. The molecule has 4 aliphatic carbocycles. The van der Waals surface area contributed by atoms with Gasteiger partial charge in [-0.1, -0.05) is 66.0 Å². The number of ether oxygens (including phenoxy) is 1. The lowest BCUT2D eigenvalue weighted by molar-refractivity contribution is -0.154. The Bertz CT molecular complexity index is 860. The molecule has 3 saturated carbocycles.